The van der Waals surface area contributed by atoms with Crippen LogP contribution in [0.2, 0.25) is 0 Å². The highest BCUT2D eigenvalue weighted by atomic mass is 32.2. The number of nitrogens with zero attached hydrogens (tertiary/aromatic N) is 1. The second-order valence-electron chi connectivity index (χ2n) is 6.78. The van der Waals surface area contributed by atoms with E-state index in [4.69, 9.17) is 0 Å². The molecule has 1 N–H and O–H groups in total. The average molecular weight is 405 g/mol. The van der Waals surface area contributed by atoms with Gasteiger partial charge in [0.25, 0.3) is 0 Å². The van der Waals surface area contributed by atoms with Gasteiger partial charge in [0, 0.05) is 23.7 Å². The molecule has 2 aromatic rings. The number of carbonyl (C=O) groups excluding carboxylic acids is 1. The molecule has 1 fully saturated rings. The molecule has 0 spiro atoms. The van der Waals surface area contributed by atoms with Crippen LogP contribution in [0.25, 0.3) is 0 Å². The highest BCUT2D eigenvalue weighted by Gasteiger charge is 2.28. The Morgan fingerprint density at radius 2 is 1.85 bits per heavy atom. The van der Waals surface area contributed by atoms with E-state index in [0.717, 1.165) is 17.7 Å². The van der Waals surface area contributed by atoms with Crippen LogP contribution in [0.4, 0.5) is 5.69 Å². The second-order valence-corrected chi connectivity index (χ2v) is 9.77. The Balaban J connectivity index is 1.59. The van der Waals surface area contributed by atoms with Crippen molar-refractivity contribution in [3.05, 3.63) is 54.6 Å². The molecule has 1 saturated heterocycles. The Kier molecular flexibility index (Phi) is 6.57. The molecule has 1 aliphatic heterocycles. The normalized spacial score (nSPS) is 18.2. The van der Waals surface area contributed by atoms with Crippen molar-refractivity contribution in [1.29, 1.82) is 0 Å². The lowest BCUT2D eigenvalue weighted by Gasteiger charge is -2.30. The maximum Gasteiger partial charge on any atom is 0.243 e. The number of anilines is 1. The highest BCUT2D eigenvalue weighted by molar-refractivity contribution is 8.00. The molecule has 0 aromatic heterocycles. The molecule has 1 unspecified atom stereocenters. The molecule has 2 aromatic carbocycles. The number of sulfonamides is 1. The van der Waals surface area contributed by atoms with E-state index in [1.165, 1.54) is 11.8 Å². The standard InChI is InChI=1S/C20H24N2O3S2/c1-16-6-5-13-22(14-16)27(24,25)19-11-9-17(10-12-19)21-20(23)15-26-18-7-3-2-4-8-18/h2-4,7-12,16H,5-6,13-15H2,1H3,(H,21,23). The van der Waals surface area contributed by atoms with Crippen LogP contribution < -0.4 is 5.32 Å². The molecule has 7 heteroatoms. The molecule has 1 atom stereocenters. The molecular formula is C20H24N2O3S2. The minimum absolute atomic E-state index is 0.121. The smallest absolute Gasteiger partial charge is 0.243 e. The maximum absolute atomic E-state index is 12.8. The Bertz CT molecular complexity index is 868. The third-order valence-electron chi connectivity index (χ3n) is 4.51. The number of benzene rings is 2. The van der Waals surface area contributed by atoms with Gasteiger partial charge in [0.05, 0.1) is 10.6 Å². The van der Waals surface area contributed by atoms with E-state index in [1.807, 2.05) is 30.3 Å². The van der Waals surface area contributed by atoms with Crippen LogP contribution in [0, 0.1) is 5.92 Å². The zero-order valence-corrected chi connectivity index (χ0v) is 16.9. The molecule has 27 heavy (non-hydrogen) atoms. The summed E-state index contributed by atoms with van der Waals surface area (Å²) in [6, 6.07) is 16.1. The molecule has 0 bridgehead atoms. The maximum atomic E-state index is 12.8. The number of rotatable bonds is 6. The second kappa shape index (κ2) is 8.91. The Hall–Kier alpha value is -1.83. The number of thioether (sulfide) groups is 1. The van der Waals surface area contributed by atoms with Gasteiger partial charge in [0.2, 0.25) is 15.9 Å². The van der Waals surface area contributed by atoms with Crippen LogP contribution in [0.5, 0.6) is 0 Å². The van der Waals surface area contributed by atoms with Crippen LogP contribution >= 0.6 is 11.8 Å². The van der Waals surface area contributed by atoms with Crippen molar-refractivity contribution >= 4 is 33.4 Å². The van der Waals surface area contributed by atoms with Crippen LogP contribution in [0.15, 0.2) is 64.4 Å². The van der Waals surface area contributed by atoms with Gasteiger partial charge in [-0.1, -0.05) is 25.1 Å². The van der Waals surface area contributed by atoms with Crippen LogP contribution in [-0.4, -0.2) is 37.5 Å². The molecule has 3 rings (SSSR count). The first-order valence-electron chi connectivity index (χ1n) is 9.03. The lowest BCUT2D eigenvalue weighted by molar-refractivity contribution is -0.113. The van der Waals surface area contributed by atoms with Crippen molar-refractivity contribution in [2.75, 3.05) is 24.2 Å². The zero-order chi connectivity index (χ0) is 19.3. The Labute approximate surface area is 165 Å². The summed E-state index contributed by atoms with van der Waals surface area (Å²) in [5.41, 5.74) is 0.597. The largest absolute Gasteiger partial charge is 0.325 e. The lowest BCUT2D eigenvalue weighted by Crippen LogP contribution is -2.39. The lowest BCUT2D eigenvalue weighted by atomic mass is 10.0. The van der Waals surface area contributed by atoms with E-state index < -0.39 is 10.0 Å². The summed E-state index contributed by atoms with van der Waals surface area (Å²) in [4.78, 5) is 13.4. The fraction of sp³-hybridized carbons (Fsp3) is 0.350. The monoisotopic (exact) mass is 404 g/mol. The topological polar surface area (TPSA) is 66.5 Å². The summed E-state index contributed by atoms with van der Waals surface area (Å²) in [7, 11) is -3.47. The van der Waals surface area contributed by atoms with E-state index in [9.17, 15) is 13.2 Å². The van der Waals surface area contributed by atoms with Gasteiger partial charge < -0.3 is 5.32 Å². The molecule has 0 aliphatic carbocycles. The predicted octanol–water partition coefficient (Wildman–Crippen LogP) is 3.84. The number of carbonyl (C=O) groups is 1. The van der Waals surface area contributed by atoms with E-state index >= 15 is 0 Å². The highest BCUT2D eigenvalue weighted by Crippen LogP contribution is 2.24. The van der Waals surface area contributed by atoms with Gasteiger partial charge in [-0.3, -0.25) is 4.79 Å². The Morgan fingerprint density at radius 3 is 2.52 bits per heavy atom. The zero-order valence-electron chi connectivity index (χ0n) is 15.3. The van der Waals surface area contributed by atoms with E-state index in [-0.39, 0.29) is 10.8 Å². The van der Waals surface area contributed by atoms with Crippen molar-refractivity contribution < 1.29 is 13.2 Å². The molecule has 144 valence electrons. The minimum Gasteiger partial charge on any atom is -0.325 e. The van der Waals surface area contributed by atoms with Gasteiger partial charge in [0.15, 0.2) is 0 Å². The fourth-order valence-corrected chi connectivity index (χ4v) is 5.40. The first kappa shape index (κ1) is 19.9. The number of amides is 1. The molecule has 0 radical (unpaired) electrons. The van der Waals surface area contributed by atoms with Crippen molar-refractivity contribution in [2.24, 2.45) is 5.92 Å². The third kappa shape index (κ3) is 5.34. The van der Waals surface area contributed by atoms with E-state index in [1.54, 1.807) is 28.6 Å². The van der Waals surface area contributed by atoms with Gasteiger partial charge in [0.1, 0.15) is 0 Å². The van der Waals surface area contributed by atoms with E-state index in [0.29, 0.717) is 30.4 Å². The first-order valence-corrected chi connectivity index (χ1v) is 11.5. The molecule has 1 amide bonds. The van der Waals surface area contributed by atoms with Gasteiger partial charge in [-0.25, -0.2) is 8.42 Å². The number of nitrogens with one attached hydrogen (secondary N) is 1. The quantitative estimate of drug-likeness (QED) is 0.743. The van der Waals surface area contributed by atoms with Crippen LogP contribution in [-0.2, 0) is 14.8 Å². The fourth-order valence-electron chi connectivity index (χ4n) is 3.09. The van der Waals surface area contributed by atoms with Gasteiger partial charge >= 0.3 is 0 Å². The summed E-state index contributed by atoms with van der Waals surface area (Å²) in [5.74, 6) is 0.564. The SMILES string of the molecule is CC1CCCN(S(=O)(=O)c2ccc(NC(=O)CSc3ccccc3)cc2)C1. The van der Waals surface area contributed by atoms with Crippen molar-refractivity contribution in [3.63, 3.8) is 0 Å². The summed E-state index contributed by atoms with van der Waals surface area (Å²) in [6.45, 7) is 3.22. The number of piperidine rings is 1. The van der Waals surface area contributed by atoms with Crippen molar-refractivity contribution in [1.82, 2.24) is 4.31 Å². The first-order chi connectivity index (χ1) is 12.9. The third-order valence-corrected chi connectivity index (χ3v) is 7.40. The van der Waals surface area contributed by atoms with E-state index in [2.05, 4.69) is 12.2 Å². The molecule has 0 saturated carbocycles. The molecule has 5 nitrogen and oxygen atoms in total. The summed E-state index contributed by atoms with van der Waals surface area (Å²) < 4.78 is 27.1. The van der Waals surface area contributed by atoms with Gasteiger partial charge in [-0.05, 0) is 55.2 Å². The van der Waals surface area contributed by atoms with Crippen LogP contribution in [0.1, 0.15) is 19.8 Å². The van der Waals surface area contributed by atoms with Gasteiger partial charge in [-0.15, -0.1) is 11.8 Å². The minimum atomic E-state index is -3.47. The Morgan fingerprint density at radius 1 is 1.15 bits per heavy atom. The average Bonchev–Trinajstić information content (AvgIpc) is 2.68. The molecule has 1 heterocycles. The predicted molar refractivity (Wildman–Crippen MR) is 109 cm³/mol. The van der Waals surface area contributed by atoms with Crippen molar-refractivity contribution in [2.45, 2.75) is 29.6 Å². The van der Waals surface area contributed by atoms with Gasteiger partial charge in [-0.2, -0.15) is 4.31 Å². The summed E-state index contributed by atoms with van der Waals surface area (Å²) in [5, 5.41) is 2.81. The summed E-state index contributed by atoms with van der Waals surface area (Å²) >= 11 is 1.46. The molecule has 1 aliphatic rings. The van der Waals surface area contributed by atoms with Crippen molar-refractivity contribution in [3.8, 4) is 0 Å². The van der Waals surface area contributed by atoms with Crippen LogP contribution in [0.3, 0.4) is 0 Å². The molecular weight excluding hydrogens is 380 g/mol. The number of hydrogen-bond acceptors (Lipinski definition) is 4. The summed E-state index contributed by atoms with van der Waals surface area (Å²) in [6.07, 6.45) is 1.96. The number of hydrogen-bond donors (Lipinski definition) is 1.